The van der Waals surface area contributed by atoms with Crippen molar-refractivity contribution in [2.45, 2.75) is 25.1 Å². The van der Waals surface area contributed by atoms with Crippen LogP contribution in [0.2, 0.25) is 15.1 Å². The summed E-state index contributed by atoms with van der Waals surface area (Å²) >= 11 is 20.8. The molecule has 4 nitrogen and oxygen atoms in total. The van der Waals surface area contributed by atoms with Gasteiger partial charge < -0.3 is 10.6 Å². The van der Waals surface area contributed by atoms with Crippen molar-refractivity contribution in [3.63, 3.8) is 0 Å². The normalized spacial score (nSPS) is 13.6. The lowest BCUT2D eigenvalue weighted by Gasteiger charge is -2.18. The Morgan fingerprint density at radius 2 is 1.74 bits per heavy atom. The molecule has 0 radical (unpaired) electrons. The van der Waals surface area contributed by atoms with E-state index in [1.165, 1.54) is 31.2 Å². The summed E-state index contributed by atoms with van der Waals surface area (Å²) in [4.78, 5) is 24.2. The van der Waals surface area contributed by atoms with Crippen LogP contribution in [0.5, 0.6) is 0 Å². The van der Waals surface area contributed by atoms with Crippen LogP contribution in [0.4, 0.5) is 17.6 Å². The monoisotopic (exact) mass is 602 g/mol. The van der Waals surface area contributed by atoms with Crippen LogP contribution in [-0.4, -0.2) is 37.3 Å². The molecule has 0 heterocycles. The molecule has 2 amide bonds. The predicted octanol–water partition coefficient (Wildman–Crippen LogP) is 6.97. The number of nitrogens with one attached hydrogen (secondary N) is 2. The van der Waals surface area contributed by atoms with Gasteiger partial charge in [-0.1, -0.05) is 53.0 Å². The molecular formula is C22H18BrCl3F4N2O2. The highest BCUT2D eigenvalue weighted by atomic mass is 79.9. The smallest absolute Gasteiger partial charge is 0.352 e. The number of hydrogen-bond acceptors (Lipinski definition) is 2. The van der Waals surface area contributed by atoms with Crippen LogP contribution in [0.15, 0.2) is 40.9 Å². The third-order valence-corrected chi connectivity index (χ3v) is 6.42. The van der Waals surface area contributed by atoms with E-state index in [2.05, 4.69) is 26.6 Å². The molecule has 34 heavy (non-hydrogen) atoms. The zero-order chi connectivity index (χ0) is 25.6. The van der Waals surface area contributed by atoms with E-state index in [-0.39, 0.29) is 32.7 Å². The second-order valence-electron chi connectivity index (χ2n) is 7.09. The Bertz CT molecular complexity index is 1070. The molecule has 2 aromatic rings. The molecule has 0 saturated heterocycles. The highest BCUT2D eigenvalue weighted by Gasteiger charge is 2.39. The first-order valence-electron chi connectivity index (χ1n) is 9.68. The summed E-state index contributed by atoms with van der Waals surface area (Å²) in [5.74, 6) is -3.16. The molecule has 2 rings (SSSR count). The van der Waals surface area contributed by atoms with Crippen LogP contribution in [0.1, 0.15) is 34.3 Å². The lowest BCUT2D eigenvalue weighted by atomic mass is 9.97. The Morgan fingerprint density at radius 3 is 2.26 bits per heavy atom. The van der Waals surface area contributed by atoms with Gasteiger partial charge in [-0.15, -0.1) is 0 Å². The number of rotatable bonds is 8. The molecule has 2 atom stereocenters. The molecule has 0 aliphatic heterocycles. The summed E-state index contributed by atoms with van der Waals surface area (Å²) in [5, 5.41) is 4.54. The lowest BCUT2D eigenvalue weighted by molar-refractivity contribution is -0.139. The molecule has 2 aromatic carbocycles. The number of amides is 2. The van der Waals surface area contributed by atoms with Crippen molar-refractivity contribution in [1.29, 1.82) is 0 Å². The molecule has 0 aromatic heterocycles. The fourth-order valence-electron chi connectivity index (χ4n) is 2.85. The van der Waals surface area contributed by atoms with Crippen LogP contribution in [0.25, 0.3) is 6.08 Å². The quantitative estimate of drug-likeness (QED) is 0.253. The summed E-state index contributed by atoms with van der Waals surface area (Å²) in [6.07, 6.45) is -2.45. The van der Waals surface area contributed by atoms with Crippen LogP contribution in [-0.2, 0) is 4.79 Å². The Hall–Kier alpha value is -1.81. The van der Waals surface area contributed by atoms with Gasteiger partial charge in [-0.2, -0.15) is 13.2 Å². The maximum atomic E-state index is 13.7. The first-order chi connectivity index (χ1) is 15.8. The van der Waals surface area contributed by atoms with Crippen molar-refractivity contribution in [2.24, 2.45) is 0 Å². The molecule has 2 N–H and O–H groups in total. The van der Waals surface area contributed by atoms with Crippen molar-refractivity contribution in [3.8, 4) is 0 Å². The van der Waals surface area contributed by atoms with Gasteiger partial charge in [-0.3, -0.25) is 9.59 Å². The molecule has 0 spiro atoms. The number of hydrogen-bond donors (Lipinski definition) is 2. The molecule has 184 valence electrons. The summed E-state index contributed by atoms with van der Waals surface area (Å²) in [6, 6.07) is 5.58. The van der Waals surface area contributed by atoms with Gasteiger partial charge >= 0.3 is 6.18 Å². The van der Waals surface area contributed by atoms with E-state index in [4.69, 9.17) is 34.8 Å². The number of alkyl halides is 4. The predicted molar refractivity (Wildman–Crippen MR) is 129 cm³/mol. The number of carbonyl (C=O) groups excluding carboxylic acids is 2. The first kappa shape index (κ1) is 28.4. The van der Waals surface area contributed by atoms with Crippen LogP contribution >= 0.6 is 50.7 Å². The van der Waals surface area contributed by atoms with E-state index in [1.54, 1.807) is 0 Å². The molecule has 12 heteroatoms. The van der Waals surface area contributed by atoms with Gasteiger partial charge in [-0.05, 0) is 58.2 Å². The van der Waals surface area contributed by atoms with Gasteiger partial charge in [0.05, 0.1) is 26.5 Å². The SMILES string of the molecule is CC(NC(=O)c1ccc(C=CC(c2cc(Cl)c(Cl)c(Cl)c2)C(F)(F)F)cc1Br)C(=O)NCCF. The van der Waals surface area contributed by atoms with Gasteiger partial charge in [0.2, 0.25) is 5.91 Å². The van der Waals surface area contributed by atoms with E-state index in [9.17, 15) is 27.2 Å². The van der Waals surface area contributed by atoms with Crippen molar-refractivity contribution in [1.82, 2.24) is 10.6 Å². The number of allylic oxidation sites excluding steroid dienone is 1. The standard InChI is InChI=1S/C22H18BrCl3F4N2O2/c1-11(20(33)31-7-6-27)32-21(34)14-4-2-12(8-16(14)23)3-5-15(22(28,29)30)13-9-17(24)19(26)18(25)10-13/h2-5,8-11,15H,6-7H2,1H3,(H,31,33)(H,32,34). The van der Waals surface area contributed by atoms with Crippen molar-refractivity contribution in [3.05, 3.63) is 72.6 Å². The third kappa shape index (κ3) is 7.60. The van der Waals surface area contributed by atoms with Gasteiger partial charge in [-0.25, -0.2) is 4.39 Å². The summed E-state index contributed by atoms with van der Waals surface area (Å²) in [7, 11) is 0. The van der Waals surface area contributed by atoms with Gasteiger partial charge in [0, 0.05) is 11.0 Å². The van der Waals surface area contributed by atoms with Gasteiger partial charge in [0.15, 0.2) is 0 Å². The number of halogens is 8. The Kier molecular flexibility index (Phi) is 10.2. The van der Waals surface area contributed by atoms with E-state index in [0.29, 0.717) is 10.0 Å². The zero-order valence-corrected chi connectivity index (χ0v) is 21.3. The average Bonchev–Trinajstić information content (AvgIpc) is 2.74. The van der Waals surface area contributed by atoms with E-state index in [1.807, 2.05) is 0 Å². The maximum Gasteiger partial charge on any atom is 0.399 e. The number of carbonyl (C=O) groups is 2. The third-order valence-electron chi connectivity index (χ3n) is 4.57. The summed E-state index contributed by atoms with van der Waals surface area (Å²) < 4.78 is 53.6. The molecule has 0 bridgehead atoms. The molecular weight excluding hydrogens is 587 g/mol. The van der Waals surface area contributed by atoms with E-state index < -0.39 is 36.6 Å². The molecule has 0 aliphatic rings. The summed E-state index contributed by atoms with van der Waals surface area (Å²) in [5.41, 5.74) is 0.349. The second kappa shape index (κ2) is 12.2. The minimum atomic E-state index is -4.63. The zero-order valence-electron chi connectivity index (χ0n) is 17.5. The van der Waals surface area contributed by atoms with Crippen LogP contribution in [0, 0.1) is 0 Å². The first-order valence-corrected chi connectivity index (χ1v) is 11.6. The topological polar surface area (TPSA) is 58.2 Å². The fourth-order valence-corrected chi connectivity index (χ4v) is 4.04. The van der Waals surface area contributed by atoms with Crippen molar-refractivity contribution >= 4 is 68.6 Å². The Morgan fingerprint density at radius 1 is 1.12 bits per heavy atom. The molecule has 0 aliphatic carbocycles. The van der Waals surface area contributed by atoms with Crippen molar-refractivity contribution < 1.29 is 27.2 Å². The Balaban J connectivity index is 2.23. The minimum absolute atomic E-state index is 0.0380. The largest absolute Gasteiger partial charge is 0.399 e. The van der Waals surface area contributed by atoms with Gasteiger partial charge in [0.25, 0.3) is 5.91 Å². The van der Waals surface area contributed by atoms with Gasteiger partial charge in [0.1, 0.15) is 12.7 Å². The lowest BCUT2D eigenvalue weighted by Crippen LogP contribution is -2.45. The highest BCUT2D eigenvalue weighted by molar-refractivity contribution is 9.10. The van der Waals surface area contributed by atoms with E-state index >= 15 is 0 Å². The average molecular weight is 605 g/mol. The van der Waals surface area contributed by atoms with Crippen molar-refractivity contribution in [2.75, 3.05) is 13.2 Å². The highest BCUT2D eigenvalue weighted by Crippen LogP contribution is 2.41. The fraction of sp³-hybridized carbons (Fsp3) is 0.273. The minimum Gasteiger partial charge on any atom is -0.352 e. The van der Waals surface area contributed by atoms with E-state index in [0.717, 1.165) is 18.2 Å². The second-order valence-corrected chi connectivity index (χ2v) is 9.14. The van der Waals surface area contributed by atoms with Crippen LogP contribution in [0.3, 0.4) is 0 Å². The number of benzene rings is 2. The Labute approximate surface area is 216 Å². The maximum absolute atomic E-state index is 13.7. The van der Waals surface area contributed by atoms with Crippen LogP contribution < -0.4 is 10.6 Å². The molecule has 2 unspecified atom stereocenters. The molecule has 0 saturated carbocycles. The molecule has 0 fully saturated rings. The summed E-state index contributed by atoms with van der Waals surface area (Å²) in [6.45, 7) is 0.528.